The SMILES string of the molecule is c1cncc(-c2cc(-c3cccnc3)cc(-c3ccc4c(c3)c3ncccc3n4-c3cccc(-n4c5ccc(-c6cc(-c7cccnc7)cc(-c7cccnc7)c6)cc5c5ncccc54)c3)c2)c1. The molecule has 0 aliphatic rings. The number of fused-ring (bicyclic) bond motifs is 6. The number of rotatable bonds is 8. The Balaban J connectivity index is 0.937. The van der Waals surface area contributed by atoms with Crippen LogP contribution < -0.4 is 0 Å². The predicted octanol–water partition coefficient (Wildman–Crippen LogP) is 14.3. The van der Waals surface area contributed by atoms with Crippen LogP contribution in [0.5, 0.6) is 0 Å². The zero-order valence-corrected chi connectivity index (χ0v) is 36.5. The standard InChI is InChI=1S/C60H38N8/c1-12-51(67-55-18-16-39(32-53(55)59-57(67)14-6-24-65-59)45-26-47(41-8-2-20-61-35-41)30-48(27-45)42-9-3-21-62-36-42)34-52(13-1)68-56-19-17-40(33-54(56)60-58(68)15-7-25-66-60)46-28-49(43-10-4-22-63-37-43)31-50(29-46)44-11-5-23-64-38-44/h1-38H. The number of nitrogens with zero attached hydrogens (tertiary/aromatic N) is 8. The second-order valence-corrected chi connectivity index (χ2v) is 17.0. The summed E-state index contributed by atoms with van der Waals surface area (Å²) in [5, 5.41) is 2.15. The van der Waals surface area contributed by atoms with Crippen molar-refractivity contribution in [2.45, 2.75) is 0 Å². The lowest BCUT2D eigenvalue weighted by molar-refractivity contribution is 1.13. The van der Waals surface area contributed by atoms with Gasteiger partial charge in [0.05, 0.1) is 33.1 Å². The average Bonchev–Trinajstić information content (AvgIpc) is 3.94. The third-order valence-electron chi connectivity index (χ3n) is 12.9. The Morgan fingerprint density at radius 3 is 0.956 bits per heavy atom. The minimum absolute atomic E-state index is 0.943. The quantitative estimate of drug-likeness (QED) is 0.151. The molecule has 318 valence electrons. The molecule has 0 atom stereocenters. The fourth-order valence-corrected chi connectivity index (χ4v) is 9.75. The molecule has 0 bridgehead atoms. The second kappa shape index (κ2) is 16.2. The molecule has 0 aliphatic carbocycles. The lowest BCUT2D eigenvalue weighted by Gasteiger charge is -2.13. The number of benzene rings is 5. The van der Waals surface area contributed by atoms with Crippen LogP contribution in [0.2, 0.25) is 0 Å². The van der Waals surface area contributed by atoms with Gasteiger partial charge in [-0.1, -0.05) is 42.5 Å². The molecule has 8 heterocycles. The Morgan fingerprint density at radius 2 is 0.603 bits per heavy atom. The Morgan fingerprint density at radius 1 is 0.250 bits per heavy atom. The van der Waals surface area contributed by atoms with Crippen LogP contribution in [0, 0.1) is 0 Å². The van der Waals surface area contributed by atoms with E-state index < -0.39 is 0 Å². The molecule has 0 unspecified atom stereocenters. The van der Waals surface area contributed by atoms with Gasteiger partial charge in [0, 0.05) is 106 Å². The van der Waals surface area contributed by atoms with E-state index in [-0.39, 0.29) is 0 Å². The summed E-state index contributed by atoms with van der Waals surface area (Å²) in [5.41, 5.74) is 21.1. The number of hydrogen-bond donors (Lipinski definition) is 0. The van der Waals surface area contributed by atoms with Crippen LogP contribution in [-0.2, 0) is 0 Å². The topological polar surface area (TPSA) is 87.2 Å². The van der Waals surface area contributed by atoms with Gasteiger partial charge in [0.2, 0.25) is 0 Å². The van der Waals surface area contributed by atoms with E-state index in [0.29, 0.717) is 0 Å². The third kappa shape index (κ3) is 6.78. The van der Waals surface area contributed by atoms with Gasteiger partial charge in [0.1, 0.15) is 0 Å². The molecular formula is C60H38N8. The minimum atomic E-state index is 0.943. The molecule has 8 heteroatoms. The van der Waals surface area contributed by atoms with Crippen LogP contribution >= 0.6 is 0 Å². The van der Waals surface area contributed by atoms with Gasteiger partial charge in [-0.15, -0.1) is 0 Å². The predicted molar refractivity (Wildman–Crippen MR) is 275 cm³/mol. The maximum atomic E-state index is 5.00. The largest absolute Gasteiger partial charge is 0.308 e. The van der Waals surface area contributed by atoms with Crippen LogP contribution in [0.25, 0.3) is 122 Å². The molecular weight excluding hydrogens is 833 g/mol. The summed E-state index contributed by atoms with van der Waals surface area (Å²) >= 11 is 0. The van der Waals surface area contributed by atoms with Gasteiger partial charge < -0.3 is 9.13 Å². The van der Waals surface area contributed by atoms with Gasteiger partial charge in [-0.2, -0.15) is 0 Å². The monoisotopic (exact) mass is 870 g/mol. The summed E-state index contributed by atoms with van der Waals surface area (Å²) in [5.74, 6) is 0. The van der Waals surface area contributed by atoms with Gasteiger partial charge >= 0.3 is 0 Å². The maximum Gasteiger partial charge on any atom is 0.0963 e. The van der Waals surface area contributed by atoms with Crippen molar-refractivity contribution in [3.63, 3.8) is 0 Å². The fourth-order valence-electron chi connectivity index (χ4n) is 9.75. The molecule has 0 aliphatic heterocycles. The summed E-state index contributed by atoms with van der Waals surface area (Å²) in [7, 11) is 0. The molecule has 0 amide bonds. The molecule has 13 rings (SSSR count). The Hall–Kier alpha value is -9.40. The maximum absolute atomic E-state index is 5.00. The van der Waals surface area contributed by atoms with E-state index >= 15 is 0 Å². The first-order valence-electron chi connectivity index (χ1n) is 22.5. The molecule has 5 aromatic carbocycles. The minimum Gasteiger partial charge on any atom is -0.308 e. The first-order valence-corrected chi connectivity index (χ1v) is 22.5. The summed E-state index contributed by atoms with van der Waals surface area (Å²) in [4.78, 5) is 27.7. The summed E-state index contributed by atoms with van der Waals surface area (Å²) < 4.78 is 4.66. The van der Waals surface area contributed by atoms with Gasteiger partial charge in [-0.3, -0.25) is 29.9 Å². The highest BCUT2D eigenvalue weighted by molar-refractivity contribution is 6.10. The zero-order valence-electron chi connectivity index (χ0n) is 36.5. The van der Waals surface area contributed by atoms with Crippen LogP contribution in [-0.4, -0.2) is 39.0 Å². The van der Waals surface area contributed by atoms with Crippen molar-refractivity contribution in [3.8, 4) is 78.1 Å². The van der Waals surface area contributed by atoms with E-state index in [1.807, 2.05) is 98.4 Å². The molecule has 0 fully saturated rings. The number of hydrogen-bond acceptors (Lipinski definition) is 6. The normalized spacial score (nSPS) is 11.5. The summed E-state index contributed by atoms with van der Waals surface area (Å²) in [6.07, 6.45) is 18.7. The molecule has 0 spiro atoms. The van der Waals surface area contributed by atoms with Gasteiger partial charge in [-0.25, -0.2) is 0 Å². The van der Waals surface area contributed by atoms with E-state index in [4.69, 9.17) is 9.97 Å². The van der Waals surface area contributed by atoms with Gasteiger partial charge in [0.15, 0.2) is 0 Å². The average molecular weight is 871 g/mol. The van der Waals surface area contributed by atoms with Crippen molar-refractivity contribution in [1.29, 1.82) is 0 Å². The molecule has 0 saturated heterocycles. The highest BCUT2D eigenvalue weighted by Crippen LogP contribution is 2.40. The Labute approximate surface area is 391 Å². The van der Waals surface area contributed by atoms with E-state index in [0.717, 1.165) is 122 Å². The number of aromatic nitrogens is 8. The molecule has 8 nitrogen and oxygen atoms in total. The van der Waals surface area contributed by atoms with Crippen molar-refractivity contribution < 1.29 is 0 Å². The van der Waals surface area contributed by atoms with Crippen molar-refractivity contribution in [2.24, 2.45) is 0 Å². The first-order chi connectivity index (χ1) is 33.7. The van der Waals surface area contributed by atoms with Crippen LogP contribution in [0.15, 0.2) is 232 Å². The molecule has 0 radical (unpaired) electrons. The van der Waals surface area contributed by atoms with E-state index in [1.165, 1.54) is 0 Å². The van der Waals surface area contributed by atoms with Crippen molar-refractivity contribution in [2.75, 3.05) is 0 Å². The lowest BCUT2D eigenvalue weighted by Crippen LogP contribution is -1.98. The second-order valence-electron chi connectivity index (χ2n) is 17.0. The lowest BCUT2D eigenvalue weighted by atomic mass is 9.94. The zero-order chi connectivity index (χ0) is 45.0. The first kappa shape index (κ1) is 39.0. The highest BCUT2D eigenvalue weighted by atomic mass is 15.0. The fraction of sp³-hybridized carbons (Fsp3) is 0. The van der Waals surface area contributed by atoms with Crippen molar-refractivity contribution >= 4 is 43.9 Å². The Bertz CT molecular complexity index is 3640. The smallest absolute Gasteiger partial charge is 0.0963 e. The Kier molecular flexibility index (Phi) is 9.31. The van der Waals surface area contributed by atoms with Crippen LogP contribution in [0.3, 0.4) is 0 Å². The highest BCUT2D eigenvalue weighted by Gasteiger charge is 2.19. The molecule has 68 heavy (non-hydrogen) atoms. The van der Waals surface area contributed by atoms with E-state index in [1.54, 1.807) is 0 Å². The molecule has 8 aromatic heterocycles. The molecule has 13 aromatic rings. The van der Waals surface area contributed by atoms with Gasteiger partial charge in [-0.05, 0) is 172 Å². The van der Waals surface area contributed by atoms with Crippen LogP contribution in [0.4, 0.5) is 0 Å². The van der Waals surface area contributed by atoms with Crippen molar-refractivity contribution in [3.05, 3.63) is 232 Å². The molecule has 0 saturated carbocycles. The van der Waals surface area contributed by atoms with Crippen LogP contribution in [0.1, 0.15) is 0 Å². The summed E-state index contributed by atoms with van der Waals surface area (Å²) in [6.45, 7) is 0. The number of pyridine rings is 6. The van der Waals surface area contributed by atoms with Gasteiger partial charge in [0.25, 0.3) is 0 Å². The van der Waals surface area contributed by atoms with E-state index in [2.05, 4.69) is 163 Å². The van der Waals surface area contributed by atoms with Crippen molar-refractivity contribution in [1.82, 2.24) is 39.0 Å². The van der Waals surface area contributed by atoms with E-state index in [9.17, 15) is 0 Å². The molecule has 0 N–H and O–H groups in total. The summed E-state index contributed by atoms with van der Waals surface area (Å²) in [6, 6.07) is 60.3. The third-order valence-corrected chi connectivity index (χ3v) is 12.9.